The van der Waals surface area contributed by atoms with Crippen molar-refractivity contribution in [2.24, 2.45) is 0 Å². The number of pyridine rings is 1. The Kier molecular flexibility index (Phi) is 4.77. The second-order valence-electron chi connectivity index (χ2n) is 8.55. The molecule has 2 aromatic rings. The van der Waals surface area contributed by atoms with Crippen molar-refractivity contribution in [3.05, 3.63) is 18.0 Å². The lowest BCUT2D eigenvalue weighted by Gasteiger charge is -2.32. The van der Waals surface area contributed by atoms with Gasteiger partial charge in [0.1, 0.15) is 4.83 Å². The SMILES string of the molecule is CC1(C)OB(c2cnc3snc(C(=O)NC4CCCCC4)c3c2)OC1(C)C. The molecule has 1 aliphatic carbocycles. The molecule has 1 saturated carbocycles. The van der Waals surface area contributed by atoms with Gasteiger partial charge in [0.05, 0.1) is 11.2 Å². The number of fused-ring (bicyclic) bond motifs is 1. The average molecular weight is 387 g/mol. The number of amides is 1. The molecule has 1 amide bonds. The van der Waals surface area contributed by atoms with Crippen LogP contribution >= 0.6 is 11.5 Å². The lowest BCUT2D eigenvalue weighted by atomic mass is 9.80. The van der Waals surface area contributed by atoms with Crippen molar-refractivity contribution < 1.29 is 14.1 Å². The highest BCUT2D eigenvalue weighted by atomic mass is 32.1. The zero-order valence-corrected chi connectivity index (χ0v) is 17.2. The average Bonchev–Trinajstić information content (AvgIpc) is 3.13. The molecule has 6 nitrogen and oxygen atoms in total. The molecule has 144 valence electrons. The topological polar surface area (TPSA) is 73.3 Å². The molecule has 0 aromatic carbocycles. The zero-order valence-electron chi connectivity index (χ0n) is 16.4. The van der Waals surface area contributed by atoms with Gasteiger partial charge in [-0.25, -0.2) is 4.98 Å². The maximum atomic E-state index is 12.8. The Morgan fingerprint density at radius 3 is 2.52 bits per heavy atom. The zero-order chi connectivity index (χ0) is 19.2. The van der Waals surface area contributed by atoms with E-state index in [1.807, 2.05) is 33.8 Å². The first-order chi connectivity index (χ1) is 12.8. The van der Waals surface area contributed by atoms with Crippen LogP contribution in [0.15, 0.2) is 12.3 Å². The maximum absolute atomic E-state index is 12.8. The molecular formula is C19H26BN3O3S. The number of aromatic nitrogens is 2. The number of hydrogen-bond donors (Lipinski definition) is 1. The highest BCUT2D eigenvalue weighted by Gasteiger charge is 2.51. The Hall–Kier alpha value is -1.51. The first kappa shape index (κ1) is 18.8. The third-order valence-corrected chi connectivity index (χ3v) is 6.80. The van der Waals surface area contributed by atoms with Gasteiger partial charge >= 0.3 is 7.12 Å². The molecule has 8 heteroatoms. The summed E-state index contributed by atoms with van der Waals surface area (Å²) in [5.74, 6) is -0.110. The van der Waals surface area contributed by atoms with Crippen LogP contribution in [0.4, 0.5) is 0 Å². The van der Waals surface area contributed by atoms with Crippen LogP contribution in [0.2, 0.25) is 0 Å². The van der Waals surface area contributed by atoms with Crippen molar-refractivity contribution in [3.8, 4) is 0 Å². The molecule has 1 saturated heterocycles. The van der Waals surface area contributed by atoms with Crippen LogP contribution in [0, 0.1) is 0 Å². The summed E-state index contributed by atoms with van der Waals surface area (Å²) in [6.45, 7) is 8.09. The van der Waals surface area contributed by atoms with E-state index in [0.717, 1.165) is 28.5 Å². The Morgan fingerprint density at radius 1 is 1.19 bits per heavy atom. The molecule has 2 aliphatic rings. The molecule has 1 N–H and O–H groups in total. The molecule has 2 fully saturated rings. The van der Waals surface area contributed by atoms with E-state index in [2.05, 4.69) is 14.7 Å². The third-order valence-electron chi connectivity index (χ3n) is 6.03. The molecule has 3 heterocycles. The first-order valence-electron chi connectivity index (χ1n) is 9.69. The van der Waals surface area contributed by atoms with Crippen LogP contribution in [0.3, 0.4) is 0 Å². The van der Waals surface area contributed by atoms with Gasteiger partial charge < -0.3 is 14.6 Å². The number of nitrogens with one attached hydrogen (secondary N) is 1. The number of hydrogen-bond acceptors (Lipinski definition) is 6. The smallest absolute Gasteiger partial charge is 0.399 e. The Labute approximate surface area is 164 Å². The lowest BCUT2D eigenvalue weighted by molar-refractivity contribution is 0.00578. The summed E-state index contributed by atoms with van der Waals surface area (Å²) in [6, 6.07) is 2.19. The Morgan fingerprint density at radius 2 is 1.85 bits per heavy atom. The molecule has 0 bridgehead atoms. The van der Waals surface area contributed by atoms with E-state index in [-0.39, 0.29) is 11.9 Å². The number of carbonyl (C=O) groups excluding carboxylic acids is 1. The summed E-state index contributed by atoms with van der Waals surface area (Å²) in [4.78, 5) is 18.0. The predicted octanol–water partition coefficient (Wildman–Crippen LogP) is 3.05. The van der Waals surface area contributed by atoms with Gasteiger partial charge in [0.25, 0.3) is 5.91 Å². The molecule has 0 spiro atoms. The number of carbonyl (C=O) groups is 1. The molecule has 0 atom stereocenters. The van der Waals surface area contributed by atoms with Crippen molar-refractivity contribution in [1.29, 1.82) is 0 Å². The predicted molar refractivity (Wildman–Crippen MR) is 107 cm³/mol. The van der Waals surface area contributed by atoms with Gasteiger partial charge in [-0.3, -0.25) is 4.79 Å². The van der Waals surface area contributed by atoms with Gasteiger partial charge in [-0.05, 0) is 58.1 Å². The largest absolute Gasteiger partial charge is 0.496 e. The van der Waals surface area contributed by atoms with E-state index in [1.54, 1.807) is 6.20 Å². The summed E-state index contributed by atoms with van der Waals surface area (Å²) < 4.78 is 16.6. The Bertz CT molecular complexity index is 845. The van der Waals surface area contributed by atoms with E-state index >= 15 is 0 Å². The highest BCUT2D eigenvalue weighted by Crippen LogP contribution is 2.36. The van der Waals surface area contributed by atoms with Crippen molar-refractivity contribution in [3.63, 3.8) is 0 Å². The summed E-state index contributed by atoms with van der Waals surface area (Å²) in [6.07, 6.45) is 7.46. The van der Waals surface area contributed by atoms with E-state index in [4.69, 9.17) is 9.31 Å². The van der Waals surface area contributed by atoms with Gasteiger partial charge in [0, 0.05) is 23.1 Å². The molecule has 27 heavy (non-hydrogen) atoms. The molecular weight excluding hydrogens is 361 g/mol. The minimum Gasteiger partial charge on any atom is -0.399 e. The molecule has 0 unspecified atom stereocenters. The van der Waals surface area contributed by atoms with Gasteiger partial charge in [0.15, 0.2) is 5.69 Å². The van der Waals surface area contributed by atoms with E-state index in [1.165, 1.54) is 30.8 Å². The molecule has 0 radical (unpaired) electrons. The van der Waals surface area contributed by atoms with Crippen LogP contribution in [0.5, 0.6) is 0 Å². The second-order valence-corrected chi connectivity index (χ2v) is 9.30. The van der Waals surface area contributed by atoms with Crippen molar-refractivity contribution in [2.45, 2.75) is 77.0 Å². The van der Waals surface area contributed by atoms with E-state index in [9.17, 15) is 4.79 Å². The Balaban J connectivity index is 1.59. The lowest BCUT2D eigenvalue weighted by Crippen LogP contribution is -2.41. The molecule has 4 rings (SSSR count). The highest BCUT2D eigenvalue weighted by molar-refractivity contribution is 7.13. The van der Waals surface area contributed by atoms with Crippen LogP contribution < -0.4 is 10.8 Å². The molecule has 2 aromatic heterocycles. The number of rotatable bonds is 3. The summed E-state index contributed by atoms with van der Waals surface area (Å²) >= 11 is 1.25. The van der Waals surface area contributed by atoms with E-state index < -0.39 is 18.3 Å². The fourth-order valence-electron chi connectivity index (χ4n) is 3.62. The van der Waals surface area contributed by atoms with Gasteiger partial charge in [-0.1, -0.05) is 19.3 Å². The number of nitrogens with zero attached hydrogens (tertiary/aromatic N) is 2. The fourth-order valence-corrected chi connectivity index (χ4v) is 4.33. The van der Waals surface area contributed by atoms with Gasteiger partial charge in [-0.15, -0.1) is 0 Å². The van der Waals surface area contributed by atoms with Crippen molar-refractivity contribution >= 4 is 40.2 Å². The monoisotopic (exact) mass is 387 g/mol. The minimum absolute atomic E-state index is 0.110. The summed E-state index contributed by atoms with van der Waals surface area (Å²) in [7, 11) is -0.499. The first-order valence-corrected chi connectivity index (χ1v) is 10.5. The minimum atomic E-state index is -0.499. The van der Waals surface area contributed by atoms with Gasteiger partial charge in [-0.2, -0.15) is 4.37 Å². The van der Waals surface area contributed by atoms with Crippen LogP contribution in [0.25, 0.3) is 10.2 Å². The van der Waals surface area contributed by atoms with Crippen LogP contribution in [0.1, 0.15) is 70.3 Å². The summed E-state index contributed by atoms with van der Waals surface area (Å²) in [5.41, 5.74) is 0.432. The second kappa shape index (κ2) is 6.83. The van der Waals surface area contributed by atoms with Crippen LogP contribution in [-0.2, 0) is 9.31 Å². The summed E-state index contributed by atoms with van der Waals surface area (Å²) in [5, 5.41) is 3.91. The standard InChI is InChI=1S/C19H26BN3O3S/c1-18(2)19(3,4)26-20(25-18)12-10-14-15(23-27-17(14)21-11-12)16(24)22-13-8-6-5-7-9-13/h10-11,13H,5-9H2,1-4H3,(H,22,24). The quantitative estimate of drug-likeness (QED) is 0.820. The maximum Gasteiger partial charge on any atom is 0.496 e. The third kappa shape index (κ3) is 3.50. The van der Waals surface area contributed by atoms with Gasteiger partial charge in [0.2, 0.25) is 0 Å². The molecule has 1 aliphatic heterocycles. The van der Waals surface area contributed by atoms with E-state index in [0.29, 0.717) is 5.69 Å². The fraction of sp³-hybridized carbons (Fsp3) is 0.632. The van der Waals surface area contributed by atoms with Crippen LogP contribution in [-0.4, -0.2) is 39.6 Å². The normalized spacial score (nSPS) is 22.3. The van der Waals surface area contributed by atoms with Crippen molar-refractivity contribution in [1.82, 2.24) is 14.7 Å². The van der Waals surface area contributed by atoms with Crippen molar-refractivity contribution in [2.75, 3.05) is 0 Å².